The van der Waals surface area contributed by atoms with Gasteiger partial charge in [-0.25, -0.2) is 0 Å². The molecule has 142 valence electrons. The van der Waals surface area contributed by atoms with Gasteiger partial charge in [-0.2, -0.15) is 0 Å². The van der Waals surface area contributed by atoms with Crippen molar-refractivity contribution in [3.63, 3.8) is 0 Å². The van der Waals surface area contributed by atoms with Crippen LogP contribution in [0.4, 0.5) is 0 Å². The summed E-state index contributed by atoms with van der Waals surface area (Å²) in [5, 5.41) is 2.49. The Morgan fingerprint density at radius 1 is 0.533 bits per heavy atom. The van der Waals surface area contributed by atoms with E-state index in [0.29, 0.717) is 0 Å². The number of fused-ring (bicyclic) bond motifs is 4. The Hall–Kier alpha value is -3.84. The molecule has 0 spiro atoms. The summed E-state index contributed by atoms with van der Waals surface area (Å²) in [6.45, 7) is 0. The number of benzene rings is 5. The molecule has 0 bridgehead atoms. The van der Waals surface area contributed by atoms with Crippen LogP contribution in [0.3, 0.4) is 0 Å². The minimum absolute atomic E-state index is 0.125. The SMILES string of the molecule is c1ccc(-c2ccc3c(c2)C(c2ccccc2)c2c(ccc4ccccc24)O3)cc1. The molecule has 0 fully saturated rings. The molecule has 0 saturated heterocycles. The smallest absolute Gasteiger partial charge is 0.132 e. The molecule has 0 aliphatic carbocycles. The normalized spacial score (nSPS) is 14.6. The van der Waals surface area contributed by atoms with Crippen molar-refractivity contribution in [1.29, 1.82) is 0 Å². The van der Waals surface area contributed by atoms with Crippen molar-refractivity contribution in [2.75, 3.05) is 0 Å². The Morgan fingerprint density at radius 2 is 1.23 bits per heavy atom. The van der Waals surface area contributed by atoms with Gasteiger partial charge in [-0.15, -0.1) is 0 Å². The van der Waals surface area contributed by atoms with Crippen LogP contribution in [0.2, 0.25) is 0 Å². The number of hydrogen-bond acceptors (Lipinski definition) is 1. The molecule has 5 aromatic rings. The van der Waals surface area contributed by atoms with E-state index in [1.54, 1.807) is 0 Å². The molecule has 30 heavy (non-hydrogen) atoms. The van der Waals surface area contributed by atoms with Crippen LogP contribution in [-0.2, 0) is 0 Å². The lowest BCUT2D eigenvalue weighted by molar-refractivity contribution is 0.454. The second kappa shape index (κ2) is 6.89. The Bertz CT molecular complexity index is 1350. The Morgan fingerprint density at radius 3 is 2.07 bits per heavy atom. The highest BCUT2D eigenvalue weighted by molar-refractivity contribution is 5.90. The molecule has 0 amide bonds. The highest BCUT2D eigenvalue weighted by atomic mass is 16.5. The fourth-order valence-electron chi connectivity index (χ4n) is 4.61. The Kier molecular flexibility index (Phi) is 3.92. The maximum Gasteiger partial charge on any atom is 0.132 e. The van der Waals surface area contributed by atoms with Crippen molar-refractivity contribution >= 4 is 10.8 Å². The lowest BCUT2D eigenvalue weighted by atomic mass is 9.79. The summed E-state index contributed by atoms with van der Waals surface area (Å²) < 4.78 is 6.43. The van der Waals surface area contributed by atoms with E-state index in [9.17, 15) is 0 Å². The molecule has 1 heteroatoms. The van der Waals surface area contributed by atoms with Gasteiger partial charge in [-0.05, 0) is 45.7 Å². The Labute approximate surface area is 176 Å². The van der Waals surface area contributed by atoms with Crippen LogP contribution in [0.1, 0.15) is 22.6 Å². The van der Waals surface area contributed by atoms with E-state index < -0.39 is 0 Å². The summed E-state index contributed by atoms with van der Waals surface area (Å²) in [6, 6.07) is 40.7. The Balaban J connectivity index is 1.64. The summed E-state index contributed by atoms with van der Waals surface area (Å²) in [7, 11) is 0. The zero-order valence-corrected chi connectivity index (χ0v) is 16.5. The second-order valence-electron chi connectivity index (χ2n) is 7.76. The molecule has 1 aliphatic heterocycles. The topological polar surface area (TPSA) is 9.23 Å². The van der Waals surface area contributed by atoms with Crippen molar-refractivity contribution < 1.29 is 4.74 Å². The fraction of sp³-hybridized carbons (Fsp3) is 0.0345. The van der Waals surface area contributed by atoms with E-state index in [0.717, 1.165) is 11.5 Å². The molecule has 0 aromatic heterocycles. The molecule has 1 atom stereocenters. The molecule has 1 heterocycles. The van der Waals surface area contributed by atoms with Gasteiger partial charge in [-0.1, -0.05) is 97.1 Å². The lowest BCUT2D eigenvalue weighted by Crippen LogP contribution is -2.12. The third-order valence-electron chi connectivity index (χ3n) is 6.00. The number of ether oxygens (including phenoxy) is 1. The van der Waals surface area contributed by atoms with Crippen LogP contribution in [0.15, 0.2) is 115 Å². The molecule has 1 nitrogen and oxygen atoms in total. The van der Waals surface area contributed by atoms with Crippen molar-refractivity contribution in [2.24, 2.45) is 0 Å². The van der Waals surface area contributed by atoms with Gasteiger partial charge in [-0.3, -0.25) is 0 Å². The molecule has 1 aliphatic rings. The summed E-state index contributed by atoms with van der Waals surface area (Å²) in [4.78, 5) is 0. The van der Waals surface area contributed by atoms with Crippen molar-refractivity contribution in [1.82, 2.24) is 0 Å². The maximum atomic E-state index is 6.43. The third kappa shape index (κ3) is 2.71. The monoisotopic (exact) mass is 384 g/mol. The molecule has 0 N–H and O–H groups in total. The predicted molar refractivity (Wildman–Crippen MR) is 123 cm³/mol. The standard InChI is InChI=1S/C29H20O/c1-3-9-20(10-4-1)23-16-17-26-25(19-23)28(22-12-5-2-6-13-22)29-24-14-8-7-11-21(24)15-18-27(29)30-26/h1-19,28H. The predicted octanol–water partition coefficient (Wildman–Crippen LogP) is 7.79. The van der Waals surface area contributed by atoms with E-state index in [1.807, 2.05) is 0 Å². The van der Waals surface area contributed by atoms with Crippen molar-refractivity contribution in [2.45, 2.75) is 5.92 Å². The summed E-state index contributed by atoms with van der Waals surface area (Å²) in [5.41, 5.74) is 6.17. The van der Waals surface area contributed by atoms with Crippen molar-refractivity contribution in [3.8, 4) is 22.6 Å². The van der Waals surface area contributed by atoms with E-state index in [4.69, 9.17) is 4.74 Å². The van der Waals surface area contributed by atoms with Gasteiger partial charge in [0.1, 0.15) is 11.5 Å². The van der Waals surface area contributed by atoms with Crippen molar-refractivity contribution in [3.05, 3.63) is 132 Å². The van der Waals surface area contributed by atoms with E-state index in [2.05, 4.69) is 115 Å². The molecule has 5 aromatic carbocycles. The molecule has 6 rings (SSSR count). The first kappa shape index (κ1) is 17.1. The lowest BCUT2D eigenvalue weighted by Gasteiger charge is -2.30. The minimum atomic E-state index is 0.125. The summed E-state index contributed by atoms with van der Waals surface area (Å²) in [5.74, 6) is 2.01. The highest BCUT2D eigenvalue weighted by Crippen LogP contribution is 2.50. The molecule has 1 unspecified atom stereocenters. The van der Waals surface area contributed by atoms with Gasteiger partial charge < -0.3 is 4.74 Å². The van der Waals surface area contributed by atoms with Crippen LogP contribution in [0.5, 0.6) is 11.5 Å². The molecule has 0 saturated carbocycles. The zero-order valence-electron chi connectivity index (χ0n) is 16.5. The van der Waals surface area contributed by atoms with E-state index in [1.165, 1.54) is 38.6 Å². The first-order valence-electron chi connectivity index (χ1n) is 10.3. The van der Waals surface area contributed by atoms with E-state index in [-0.39, 0.29) is 5.92 Å². The zero-order chi connectivity index (χ0) is 19.9. The molecule has 0 radical (unpaired) electrons. The summed E-state index contributed by atoms with van der Waals surface area (Å²) >= 11 is 0. The molecular weight excluding hydrogens is 364 g/mol. The van der Waals surface area contributed by atoms with E-state index >= 15 is 0 Å². The second-order valence-corrected chi connectivity index (χ2v) is 7.76. The van der Waals surface area contributed by atoms with Gasteiger partial charge in [0, 0.05) is 17.0 Å². The van der Waals surface area contributed by atoms with Crippen LogP contribution in [-0.4, -0.2) is 0 Å². The average molecular weight is 384 g/mol. The van der Waals surface area contributed by atoms with Gasteiger partial charge in [0.05, 0.1) is 0 Å². The fourth-order valence-corrected chi connectivity index (χ4v) is 4.61. The highest BCUT2D eigenvalue weighted by Gasteiger charge is 2.30. The van der Waals surface area contributed by atoms with Crippen LogP contribution in [0, 0.1) is 0 Å². The molecular formula is C29H20O. The van der Waals surface area contributed by atoms with Gasteiger partial charge in [0.2, 0.25) is 0 Å². The largest absolute Gasteiger partial charge is 0.457 e. The number of hydrogen-bond donors (Lipinski definition) is 0. The van der Waals surface area contributed by atoms with Crippen LogP contribution in [0.25, 0.3) is 21.9 Å². The number of rotatable bonds is 2. The van der Waals surface area contributed by atoms with Gasteiger partial charge in [0.25, 0.3) is 0 Å². The van der Waals surface area contributed by atoms with Crippen LogP contribution >= 0.6 is 0 Å². The van der Waals surface area contributed by atoms with Gasteiger partial charge in [0.15, 0.2) is 0 Å². The summed E-state index contributed by atoms with van der Waals surface area (Å²) in [6.07, 6.45) is 0. The quantitative estimate of drug-likeness (QED) is 0.296. The average Bonchev–Trinajstić information content (AvgIpc) is 2.83. The minimum Gasteiger partial charge on any atom is -0.457 e. The third-order valence-corrected chi connectivity index (χ3v) is 6.00. The van der Waals surface area contributed by atoms with Gasteiger partial charge >= 0.3 is 0 Å². The first-order chi connectivity index (χ1) is 14.9. The maximum absolute atomic E-state index is 6.43. The first-order valence-corrected chi connectivity index (χ1v) is 10.3. The van der Waals surface area contributed by atoms with Crippen LogP contribution < -0.4 is 4.74 Å².